The molecule has 0 aliphatic heterocycles. The van der Waals surface area contributed by atoms with Gasteiger partial charge in [-0.25, -0.2) is 13.4 Å². The molecule has 0 radical (unpaired) electrons. The van der Waals surface area contributed by atoms with E-state index in [1.807, 2.05) is 0 Å². The van der Waals surface area contributed by atoms with Crippen LogP contribution in [0.4, 0.5) is 11.4 Å². The van der Waals surface area contributed by atoms with Crippen LogP contribution in [0.2, 0.25) is 10.2 Å². The molecule has 2 aromatic rings. The first kappa shape index (κ1) is 14.9. The lowest BCUT2D eigenvalue weighted by Gasteiger charge is -2.11. The monoisotopic (exact) mass is 331 g/mol. The maximum atomic E-state index is 12.3. The van der Waals surface area contributed by atoms with Crippen molar-refractivity contribution in [2.45, 2.75) is 11.8 Å². The van der Waals surface area contributed by atoms with Crippen LogP contribution in [0.15, 0.2) is 35.4 Å². The molecule has 0 fully saturated rings. The minimum atomic E-state index is -3.77. The third-order valence-electron chi connectivity index (χ3n) is 2.56. The highest BCUT2D eigenvalue weighted by Crippen LogP contribution is 2.27. The third-order valence-corrected chi connectivity index (χ3v) is 4.64. The Balaban J connectivity index is 2.40. The summed E-state index contributed by atoms with van der Waals surface area (Å²) in [4.78, 5) is 3.87. The molecule has 1 aromatic carbocycles. The highest BCUT2D eigenvalue weighted by Gasteiger charge is 2.18. The SMILES string of the molecule is Cc1cc(Cl)c(N)cc1S(=O)(=O)Nc1ccc(Cl)nc1. The Hall–Kier alpha value is -1.50. The van der Waals surface area contributed by atoms with Gasteiger partial charge < -0.3 is 5.73 Å². The highest BCUT2D eigenvalue weighted by atomic mass is 35.5. The largest absolute Gasteiger partial charge is 0.397 e. The number of anilines is 2. The van der Waals surface area contributed by atoms with E-state index in [9.17, 15) is 8.42 Å². The maximum Gasteiger partial charge on any atom is 0.262 e. The van der Waals surface area contributed by atoms with Crippen molar-refractivity contribution in [2.75, 3.05) is 10.5 Å². The smallest absolute Gasteiger partial charge is 0.262 e. The summed E-state index contributed by atoms with van der Waals surface area (Å²) in [6, 6.07) is 5.83. The molecule has 8 heteroatoms. The molecule has 0 saturated heterocycles. The van der Waals surface area contributed by atoms with Crippen LogP contribution in [0.25, 0.3) is 0 Å². The van der Waals surface area contributed by atoms with Gasteiger partial charge in [-0.15, -0.1) is 0 Å². The number of nitrogens with one attached hydrogen (secondary N) is 1. The molecule has 1 aromatic heterocycles. The molecule has 5 nitrogen and oxygen atoms in total. The summed E-state index contributed by atoms with van der Waals surface area (Å²) >= 11 is 11.5. The molecule has 1 heterocycles. The van der Waals surface area contributed by atoms with Gasteiger partial charge in [0.1, 0.15) is 5.15 Å². The van der Waals surface area contributed by atoms with E-state index in [1.54, 1.807) is 6.92 Å². The number of hydrogen-bond donors (Lipinski definition) is 2. The van der Waals surface area contributed by atoms with Gasteiger partial charge in [-0.2, -0.15) is 0 Å². The number of nitrogen functional groups attached to an aromatic ring is 1. The van der Waals surface area contributed by atoms with Gasteiger partial charge >= 0.3 is 0 Å². The molecule has 0 aliphatic carbocycles. The fourth-order valence-electron chi connectivity index (χ4n) is 1.60. The van der Waals surface area contributed by atoms with Gasteiger partial charge in [0.2, 0.25) is 0 Å². The molecule has 0 aliphatic rings. The van der Waals surface area contributed by atoms with Crippen LogP contribution in [0.1, 0.15) is 5.56 Å². The molecule has 3 N–H and O–H groups in total. The molecule has 0 bridgehead atoms. The number of benzene rings is 1. The standard InChI is InChI=1S/C12H11Cl2N3O2S/c1-7-4-9(13)10(15)5-11(7)20(18,19)17-8-2-3-12(14)16-6-8/h2-6,17H,15H2,1H3. The van der Waals surface area contributed by atoms with Crippen molar-refractivity contribution in [1.29, 1.82) is 0 Å². The number of nitrogens with two attached hydrogens (primary N) is 1. The summed E-state index contributed by atoms with van der Waals surface area (Å²) in [7, 11) is -3.77. The lowest BCUT2D eigenvalue weighted by atomic mass is 10.2. The fourth-order valence-corrected chi connectivity index (χ4v) is 3.24. The zero-order valence-corrected chi connectivity index (χ0v) is 12.7. The molecular weight excluding hydrogens is 321 g/mol. The number of halogens is 2. The Morgan fingerprint density at radius 1 is 1.25 bits per heavy atom. The molecule has 20 heavy (non-hydrogen) atoms. The quantitative estimate of drug-likeness (QED) is 0.668. The Morgan fingerprint density at radius 2 is 1.95 bits per heavy atom. The average molecular weight is 332 g/mol. The first-order valence-electron chi connectivity index (χ1n) is 5.49. The normalized spacial score (nSPS) is 11.3. The second-order valence-corrected chi connectivity index (χ2v) is 6.56. The Labute approximate surface area is 126 Å². The van der Waals surface area contributed by atoms with Crippen LogP contribution >= 0.6 is 23.2 Å². The summed E-state index contributed by atoms with van der Waals surface area (Å²) in [6.45, 7) is 1.64. The number of sulfonamides is 1. The number of nitrogens with zero attached hydrogens (tertiary/aromatic N) is 1. The van der Waals surface area contributed by atoms with Crippen LogP contribution in [0, 0.1) is 6.92 Å². The van der Waals surface area contributed by atoms with E-state index < -0.39 is 10.0 Å². The van der Waals surface area contributed by atoms with E-state index in [1.165, 1.54) is 30.5 Å². The number of aromatic nitrogens is 1. The van der Waals surface area contributed by atoms with Crippen LogP contribution in [-0.2, 0) is 10.0 Å². The van der Waals surface area contributed by atoms with Crippen molar-refractivity contribution >= 4 is 44.6 Å². The van der Waals surface area contributed by atoms with Gasteiger partial charge in [0.05, 0.1) is 27.5 Å². The van der Waals surface area contributed by atoms with Crippen LogP contribution in [-0.4, -0.2) is 13.4 Å². The Kier molecular flexibility index (Phi) is 4.08. The van der Waals surface area contributed by atoms with E-state index in [0.717, 1.165) is 0 Å². The van der Waals surface area contributed by atoms with Gasteiger partial charge in [0.25, 0.3) is 10.0 Å². The van der Waals surface area contributed by atoms with Crippen molar-refractivity contribution in [3.05, 3.63) is 46.2 Å². The van der Waals surface area contributed by atoms with Gasteiger partial charge in [0, 0.05) is 0 Å². The summed E-state index contributed by atoms with van der Waals surface area (Å²) in [6.07, 6.45) is 1.33. The lowest BCUT2D eigenvalue weighted by molar-refractivity contribution is 0.600. The second-order valence-electron chi connectivity index (χ2n) is 4.11. The van der Waals surface area contributed by atoms with Gasteiger partial charge in [-0.05, 0) is 36.8 Å². The summed E-state index contributed by atoms with van der Waals surface area (Å²) < 4.78 is 27.0. The molecule has 0 saturated carbocycles. The van der Waals surface area contributed by atoms with E-state index >= 15 is 0 Å². The average Bonchev–Trinajstić information content (AvgIpc) is 2.36. The fraction of sp³-hybridized carbons (Fsp3) is 0.0833. The lowest BCUT2D eigenvalue weighted by Crippen LogP contribution is -2.14. The summed E-state index contributed by atoms with van der Waals surface area (Å²) in [5.74, 6) is 0. The van der Waals surface area contributed by atoms with E-state index in [4.69, 9.17) is 28.9 Å². The van der Waals surface area contributed by atoms with Crippen LogP contribution in [0.5, 0.6) is 0 Å². The van der Waals surface area contributed by atoms with Crippen molar-refractivity contribution in [3.63, 3.8) is 0 Å². The van der Waals surface area contributed by atoms with E-state index in [2.05, 4.69) is 9.71 Å². The second kappa shape index (κ2) is 5.47. The maximum absolute atomic E-state index is 12.3. The van der Waals surface area contributed by atoms with E-state index in [0.29, 0.717) is 16.3 Å². The predicted molar refractivity (Wildman–Crippen MR) is 80.7 cm³/mol. The van der Waals surface area contributed by atoms with Gasteiger partial charge in [-0.1, -0.05) is 23.2 Å². The zero-order valence-electron chi connectivity index (χ0n) is 10.4. The summed E-state index contributed by atoms with van der Waals surface area (Å²) in [5, 5.41) is 0.592. The topological polar surface area (TPSA) is 85.1 Å². The highest BCUT2D eigenvalue weighted by molar-refractivity contribution is 7.92. The first-order chi connectivity index (χ1) is 9.29. The number of rotatable bonds is 3. The summed E-state index contributed by atoms with van der Waals surface area (Å²) in [5.41, 5.74) is 6.65. The van der Waals surface area contributed by atoms with Crippen LogP contribution < -0.4 is 10.5 Å². The Morgan fingerprint density at radius 3 is 2.55 bits per heavy atom. The molecule has 0 atom stereocenters. The molecule has 0 spiro atoms. The predicted octanol–water partition coefficient (Wildman–Crippen LogP) is 3.08. The minimum Gasteiger partial charge on any atom is -0.397 e. The van der Waals surface area contributed by atoms with Crippen molar-refractivity contribution in [2.24, 2.45) is 0 Å². The van der Waals surface area contributed by atoms with Crippen LogP contribution in [0.3, 0.4) is 0 Å². The van der Waals surface area contributed by atoms with Crippen molar-refractivity contribution in [1.82, 2.24) is 4.98 Å². The zero-order chi connectivity index (χ0) is 14.9. The molecule has 106 valence electrons. The third kappa shape index (κ3) is 3.15. The van der Waals surface area contributed by atoms with E-state index in [-0.39, 0.29) is 15.7 Å². The number of pyridine rings is 1. The van der Waals surface area contributed by atoms with Crippen molar-refractivity contribution < 1.29 is 8.42 Å². The van der Waals surface area contributed by atoms with Crippen molar-refractivity contribution in [3.8, 4) is 0 Å². The molecule has 0 amide bonds. The number of aryl methyl sites for hydroxylation is 1. The minimum absolute atomic E-state index is 0.0642. The molecule has 2 rings (SSSR count). The number of hydrogen-bond acceptors (Lipinski definition) is 4. The van der Waals surface area contributed by atoms with Gasteiger partial charge in [0.15, 0.2) is 0 Å². The molecular formula is C12H11Cl2N3O2S. The first-order valence-corrected chi connectivity index (χ1v) is 7.73. The molecule has 0 unspecified atom stereocenters. The van der Waals surface area contributed by atoms with Gasteiger partial charge in [-0.3, -0.25) is 4.72 Å². The Bertz CT molecular complexity index is 746.